The molecule has 1 aliphatic heterocycles. The fourth-order valence-corrected chi connectivity index (χ4v) is 6.15. The van der Waals surface area contributed by atoms with E-state index in [1.165, 1.54) is 35.2 Å². The van der Waals surface area contributed by atoms with Crippen LogP contribution in [-0.2, 0) is 14.2 Å². The Kier molecular flexibility index (Phi) is 10.7. The number of nitrogens with one attached hydrogen (secondary N) is 1. The van der Waals surface area contributed by atoms with Crippen LogP contribution in [0.15, 0.2) is 54.6 Å². The number of amides is 1. The van der Waals surface area contributed by atoms with Gasteiger partial charge in [0.15, 0.2) is 0 Å². The molecular weight excluding hydrogens is 648 g/mol. The number of phenolic OH excluding ortho intramolecular Hbond substituents is 4. The molecule has 3 aromatic rings. The zero-order valence-corrected chi connectivity index (χ0v) is 28.2. The maximum atomic E-state index is 13.7. The average molecular weight is 691 g/mol. The molecule has 50 heavy (non-hydrogen) atoms. The molecule has 13 nitrogen and oxygen atoms in total. The van der Waals surface area contributed by atoms with Crippen LogP contribution in [0.4, 0.5) is 10.5 Å². The fraction of sp³-hybridized carbons (Fsp3) is 0.405. The molecule has 0 spiro atoms. The first kappa shape index (κ1) is 35.8. The van der Waals surface area contributed by atoms with Crippen molar-refractivity contribution < 1.29 is 53.8 Å². The lowest BCUT2D eigenvalue weighted by atomic mass is 9.90. The van der Waals surface area contributed by atoms with Gasteiger partial charge < -0.3 is 44.9 Å². The van der Waals surface area contributed by atoms with Crippen LogP contribution in [0.1, 0.15) is 89.5 Å². The Hall–Kier alpha value is -5.46. The van der Waals surface area contributed by atoms with E-state index in [0.29, 0.717) is 5.69 Å². The maximum Gasteiger partial charge on any atom is 0.410 e. The summed E-state index contributed by atoms with van der Waals surface area (Å²) in [5.41, 5.74) is -1.85. The standard InChI is InChI=1S/C37H42N2O11/c1-37(2,3)50-36(47)39-18-26(38-23-12-14-24(40)15-13-23)30(19-39)49-34(45)22-16-28(42)32(29(43)17-22)33(44)31-25(10-7-11-27(31)41)35(46)48-20-21-8-5-4-6-9-21/h7,10-17,21,26,30,38,40-43H,4-6,8-9,18-20H2,1-3H3/t26-,30-/m0/s1. The normalized spacial score (nSPS) is 17.9. The van der Waals surface area contributed by atoms with Crippen LogP contribution in [0.5, 0.6) is 23.0 Å². The van der Waals surface area contributed by atoms with Gasteiger partial charge >= 0.3 is 18.0 Å². The Balaban J connectivity index is 1.34. The SMILES string of the molecule is CC(C)(C)OC(=O)N1C[C@H](Nc2ccc(O)cc2)[C@@H](OC(=O)c2cc(O)c(C(=O)c3c(O)cccc3C(=O)OCC3CCCCC3)c(O)c2)C1. The van der Waals surface area contributed by atoms with E-state index < -0.39 is 69.9 Å². The predicted octanol–water partition coefficient (Wildman–Crippen LogP) is 5.73. The first-order valence-electron chi connectivity index (χ1n) is 16.5. The molecule has 2 fully saturated rings. The second-order valence-electron chi connectivity index (χ2n) is 13.6. The molecule has 1 amide bonds. The van der Waals surface area contributed by atoms with Gasteiger partial charge in [0.25, 0.3) is 0 Å². The number of phenols is 4. The zero-order chi connectivity index (χ0) is 36.2. The number of ketones is 1. The van der Waals surface area contributed by atoms with Crippen LogP contribution in [0.2, 0.25) is 0 Å². The predicted molar refractivity (Wildman–Crippen MR) is 181 cm³/mol. The van der Waals surface area contributed by atoms with Crippen LogP contribution < -0.4 is 5.32 Å². The monoisotopic (exact) mass is 690 g/mol. The van der Waals surface area contributed by atoms with Crippen LogP contribution >= 0.6 is 0 Å². The Morgan fingerprint density at radius 2 is 1.48 bits per heavy atom. The van der Waals surface area contributed by atoms with E-state index in [1.807, 2.05) is 0 Å². The molecule has 1 saturated heterocycles. The van der Waals surface area contributed by atoms with E-state index in [9.17, 15) is 39.6 Å². The van der Waals surface area contributed by atoms with Crippen LogP contribution in [0.3, 0.4) is 0 Å². The molecule has 1 aliphatic carbocycles. The van der Waals surface area contributed by atoms with E-state index in [1.54, 1.807) is 32.9 Å². The zero-order valence-electron chi connectivity index (χ0n) is 28.2. The summed E-state index contributed by atoms with van der Waals surface area (Å²) >= 11 is 0. The van der Waals surface area contributed by atoms with Gasteiger partial charge in [-0.3, -0.25) is 4.79 Å². The summed E-state index contributed by atoms with van der Waals surface area (Å²) in [6.07, 6.45) is 3.53. The lowest BCUT2D eigenvalue weighted by molar-refractivity contribution is 0.0187. The number of hydrogen-bond acceptors (Lipinski definition) is 12. The highest BCUT2D eigenvalue weighted by atomic mass is 16.6. The summed E-state index contributed by atoms with van der Waals surface area (Å²) in [5, 5.41) is 45.3. The molecule has 5 rings (SSSR count). The van der Waals surface area contributed by atoms with E-state index >= 15 is 0 Å². The molecule has 1 heterocycles. The van der Waals surface area contributed by atoms with Crippen molar-refractivity contribution in [2.24, 2.45) is 5.92 Å². The summed E-state index contributed by atoms with van der Waals surface area (Å²) in [7, 11) is 0. The van der Waals surface area contributed by atoms with Gasteiger partial charge in [0.1, 0.15) is 40.3 Å². The Morgan fingerprint density at radius 3 is 2.12 bits per heavy atom. The number of rotatable bonds is 9. The first-order valence-corrected chi connectivity index (χ1v) is 16.5. The van der Waals surface area contributed by atoms with Crippen LogP contribution in [-0.4, -0.2) is 86.6 Å². The minimum atomic E-state index is -1.07. The van der Waals surface area contributed by atoms with Gasteiger partial charge in [-0.2, -0.15) is 0 Å². The molecule has 2 atom stereocenters. The molecule has 13 heteroatoms. The number of likely N-dealkylation sites (tertiary alicyclic amines) is 1. The van der Waals surface area contributed by atoms with Crippen molar-refractivity contribution in [1.29, 1.82) is 0 Å². The summed E-state index contributed by atoms with van der Waals surface area (Å²) in [4.78, 5) is 54.3. The highest BCUT2D eigenvalue weighted by Gasteiger charge is 2.40. The summed E-state index contributed by atoms with van der Waals surface area (Å²) in [5.74, 6) is -4.78. The number of aromatic hydroxyl groups is 4. The highest BCUT2D eigenvalue weighted by Crippen LogP contribution is 2.36. The summed E-state index contributed by atoms with van der Waals surface area (Å²) in [6.45, 7) is 5.39. The summed E-state index contributed by atoms with van der Waals surface area (Å²) < 4.78 is 16.7. The maximum absolute atomic E-state index is 13.7. The van der Waals surface area contributed by atoms with E-state index in [-0.39, 0.29) is 42.5 Å². The van der Waals surface area contributed by atoms with Gasteiger partial charge in [0, 0.05) is 12.2 Å². The molecule has 266 valence electrons. The van der Waals surface area contributed by atoms with Crippen molar-refractivity contribution in [3.05, 3.63) is 76.9 Å². The smallest absolute Gasteiger partial charge is 0.410 e. The van der Waals surface area contributed by atoms with Gasteiger partial charge in [0.2, 0.25) is 5.78 Å². The van der Waals surface area contributed by atoms with Crippen molar-refractivity contribution in [3.63, 3.8) is 0 Å². The fourth-order valence-electron chi connectivity index (χ4n) is 6.15. The quantitative estimate of drug-likeness (QED) is 0.0794. The number of carbonyl (C=O) groups excluding carboxylic acids is 4. The van der Waals surface area contributed by atoms with E-state index in [0.717, 1.165) is 44.2 Å². The highest BCUT2D eigenvalue weighted by molar-refractivity contribution is 6.18. The first-order chi connectivity index (χ1) is 23.7. The number of hydrogen-bond donors (Lipinski definition) is 5. The molecule has 0 unspecified atom stereocenters. The largest absolute Gasteiger partial charge is 0.508 e. The van der Waals surface area contributed by atoms with Crippen molar-refractivity contribution in [2.75, 3.05) is 25.0 Å². The number of ether oxygens (including phenoxy) is 3. The van der Waals surface area contributed by atoms with E-state index in [2.05, 4.69) is 5.32 Å². The molecular formula is C37H42N2O11. The Bertz CT molecular complexity index is 1720. The second-order valence-corrected chi connectivity index (χ2v) is 13.6. The number of anilines is 1. The number of esters is 2. The topological polar surface area (TPSA) is 192 Å². The molecule has 0 aromatic heterocycles. The molecule has 0 bridgehead atoms. The lowest BCUT2D eigenvalue weighted by Gasteiger charge is -2.24. The van der Waals surface area contributed by atoms with Gasteiger partial charge in [-0.1, -0.05) is 25.3 Å². The van der Waals surface area contributed by atoms with Gasteiger partial charge in [0.05, 0.1) is 35.9 Å². The molecule has 0 radical (unpaired) electrons. The van der Waals surface area contributed by atoms with Crippen LogP contribution in [0.25, 0.3) is 0 Å². The Labute approximate surface area is 289 Å². The number of nitrogens with zero attached hydrogens (tertiary/aromatic N) is 1. The summed E-state index contributed by atoms with van der Waals surface area (Å²) in [6, 6.07) is 11.3. The third-order valence-corrected chi connectivity index (χ3v) is 8.62. The van der Waals surface area contributed by atoms with Crippen molar-refractivity contribution in [1.82, 2.24) is 4.90 Å². The minimum absolute atomic E-state index is 0.0438. The minimum Gasteiger partial charge on any atom is -0.508 e. The van der Waals surface area contributed by atoms with Gasteiger partial charge in [-0.25, -0.2) is 14.4 Å². The molecule has 2 aliphatic rings. The third kappa shape index (κ3) is 8.57. The van der Waals surface area contributed by atoms with Gasteiger partial charge in [-0.05, 0) is 88.1 Å². The van der Waals surface area contributed by atoms with Crippen molar-refractivity contribution in [3.8, 4) is 23.0 Å². The number of benzene rings is 3. The third-order valence-electron chi connectivity index (χ3n) is 8.62. The number of carbonyl (C=O) groups is 4. The average Bonchev–Trinajstić information content (AvgIpc) is 3.45. The molecule has 5 N–H and O–H groups in total. The van der Waals surface area contributed by atoms with Crippen molar-refractivity contribution >= 4 is 29.5 Å². The molecule has 3 aromatic carbocycles. The lowest BCUT2D eigenvalue weighted by Crippen LogP contribution is -2.36. The Morgan fingerprint density at radius 1 is 0.820 bits per heavy atom. The van der Waals surface area contributed by atoms with E-state index in [4.69, 9.17) is 14.2 Å². The van der Waals surface area contributed by atoms with Gasteiger partial charge in [-0.15, -0.1) is 0 Å². The second kappa shape index (κ2) is 15.0. The van der Waals surface area contributed by atoms with Crippen LogP contribution in [0, 0.1) is 5.92 Å². The molecule has 1 saturated carbocycles. The van der Waals surface area contributed by atoms with Crippen molar-refractivity contribution in [2.45, 2.75) is 70.6 Å².